The summed E-state index contributed by atoms with van der Waals surface area (Å²) in [5, 5.41) is 0. The maximum Gasteiger partial charge on any atom is 0.410 e. The average molecular weight is 407 g/mol. The molecule has 0 aliphatic carbocycles. The third-order valence-corrected chi connectivity index (χ3v) is 5.45. The molecule has 0 saturated carbocycles. The van der Waals surface area contributed by atoms with Crippen molar-refractivity contribution in [2.45, 2.75) is 64.5 Å². The molecule has 156 valence electrons. The van der Waals surface area contributed by atoms with Gasteiger partial charge in [0.25, 0.3) is 5.91 Å². The van der Waals surface area contributed by atoms with Crippen molar-refractivity contribution in [2.24, 2.45) is 5.92 Å². The van der Waals surface area contributed by atoms with Crippen molar-refractivity contribution in [3.05, 3.63) is 29.8 Å². The van der Waals surface area contributed by atoms with Crippen LogP contribution < -0.4 is 0 Å². The summed E-state index contributed by atoms with van der Waals surface area (Å²) in [5.74, 6) is 1.33. The van der Waals surface area contributed by atoms with Gasteiger partial charge in [0.2, 0.25) is 0 Å². The molecule has 0 spiro atoms. The number of thioether (sulfide) groups is 1. The molecule has 1 atom stereocenters. The van der Waals surface area contributed by atoms with Gasteiger partial charge in [-0.1, -0.05) is 32.9 Å². The Bertz CT molecular complexity index is 685. The Labute approximate surface area is 173 Å². The number of carbonyl (C=O) groups is 2. The quantitative estimate of drug-likeness (QED) is 0.630. The van der Waals surface area contributed by atoms with Gasteiger partial charge in [-0.15, -0.1) is 11.8 Å². The predicted octanol–water partition coefficient (Wildman–Crippen LogP) is 4.91. The highest BCUT2D eigenvalue weighted by molar-refractivity contribution is 7.99. The number of hydrogen-bond donors (Lipinski definition) is 0. The molecule has 1 aromatic rings. The Kier molecular flexibility index (Phi) is 7.81. The van der Waals surface area contributed by atoms with E-state index in [0.29, 0.717) is 25.6 Å². The molecule has 5 nitrogen and oxygen atoms in total. The van der Waals surface area contributed by atoms with Crippen LogP contribution in [0, 0.1) is 5.92 Å². The van der Waals surface area contributed by atoms with Gasteiger partial charge in [-0.3, -0.25) is 4.79 Å². The van der Waals surface area contributed by atoms with Crippen LogP contribution in [-0.2, 0) is 4.74 Å². The van der Waals surface area contributed by atoms with Gasteiger partial charge in [0.15, 0.2) is 0 Å². The lowest BCUT2D eigenvalue weighted by atomic mass is 10.1. The normalized spacial score (nSPS) is 17.1. The molecule has 0 N–H and O–H groups in total. The molecule has 6 heteroatoms. The smallest absolute Gasteiger partial charge is 0.410 e. The van der Waals surface area contributed by atoms with Crippen LogP contribution in [0.5, 0.6) is 0 Å². The number of hydrogen-bond acceptors (Lipinski definition) is 4. The van der Waals surface area contributed by atoms with E-state index >= 15 is 0 Å². The van der Waals surface area contributed by atoms with E-state index in [4.69, 9.17) is 4.74 Å². The summed E-state index contributed by atoms with van der Waals surface area (Å²) in [6, 6.07) is 7.83. The molecule has 2 rings (SSSR count). The third kappa shape index (κ3) is 6.16. The maximum atomic E-state index is 13.4. The largest absolute Gasteiger partial charge is 0.444 e. The predicted molar refractivity (Wildman–Crippen MR) is 115 cm³/mol. The number of benzene rings is 1. The number of nitrogens with zero attached hydrogens (tertiary/aromatic N) is 2. The Hall–Kier alpha value is -1.69. The molecule has 0 radical (unpaired) electrons. The minimum atomic E-state index is -0.515. The molecule has 1 saturated heterocycles. The third-order valence-electron chi connectivity index (χ3n) is 4.50. The Morgan fingerprint density at radius 2 is 1.96 bits per heavy atom. The van der Waals surface area contributed by atoms with Crippen LogP contribution in [0.3, 0.4) is 0 Å². The van der Waals surface area contributed by atoms with Gasteiger partial charge < -0.3 is 14.5 Å². The summed E-state index contributed by atoms with van der Waals surface area (Å²) in [6.07, 6.45) is 0.481. The van der Waals surface area contributed by atoms with Crippen molar-refractivity contribution in [1.82, 2.24) is 9.80 Å². The van der Waals surface area contributed by atoms with Crippen LogP contribution in [0.15, 0.2) is 29.2 Å². The minimum Gasteiger partial charge on any atom is -0.444 e. The number of ether oxygens (including phenoxy) is 1. The van der Waals surface area contributed by atoms with E-state index in [1.165, 1.54) is 0 Å². The molecular weight excluding hydrogens is 372 g/mol. The first-order valence-corrected chi connectivity index (χ1v) is 11.1. The van der Waals surface area contributed by atoms with E-state index in [0.717, 1.165) is 22.6 Å². The fourth-order valence-electron chi connectivity index (χ4n) is 3.36. The molecule has 0 unspecified atom stereocenters. The molecule has 0 aromatic heterocycles. The van der Waals surface area contributed by atoms with Gasteiger partial charge in [-0.2, -0.15) is 0 Å². The lowest BCUT2D eigenvalue weighted by Crippen LogP contribution is -2.45. The molecule has 1 aromatic carbocycles. The molecule has 1 aliphatic heterocycles. The summed E-state index contributed by atoms with van der Waals surface area (Å²) in [6.45, 7) is 13.8. The second-order valence-electron chi connectivity index (χ2n) is 8.65. The minimum absolute atomic E-state index is 0.0158. The van der Waals surface area contributed by atoms with Gasteiger partial charge in [-0.25, -0.2) is 4.79 Å². The SMILES string of the molecule is CCSc1ccccc1C(=O)N(CC(C)C)[C@H]1CCN(C(=O)OC(C)(C)C)C1. The van der Waals surface area contributed by atoms with Crippen molar-refractivity contribution >= 4 is 23.8 Å². The fraction of sp³-hybridized carbons (Fsp3) is 0.636. The molecular formula is C22H34N2O3S. The monoisotopic (exact) mass is 406 g/mol. The Balaban J connectivity index is 2.18. The van der Waals surface area contributed by atoms with Crippen molar-refractivity contribution in [3.63, 3.8) is 0 Å². The summed E-state index contributed by atoms with van der Waals surface area (Å²) in [5.41, 5.74) is 0.240. The first-order valence-electron chi connectivity index (χ1n) is 10.1. The Morgan fingerprint density at radius 3 is 2.57 bits per heavy atom. The highest BCUT2D eigenvalue weighted by Crippen LogP contribution is 2.27. The standard InChI is InChI=1S/C22H34N2O3S/c1-7-28-19-11-9-8-10-18(19)20(25)24(14-16(2)3)17-12-13-23(15-17)21(26)27-22(4,5)6/h8-11,16-17H,7,12-15H2,1-6H3/t17-/m0/s1. The van der Waals surface area contributed by atoms with E-state index in [1.54, 1.807) is 16.7 Å². The lowest BCUT2D eigenvalue weighted by Gasteiger charge is -2.31. The van der Waals surface area contributed by atoms with Crippen LogP contribution in [-0.4, -0.2) is 58.8 Å². The van der Waals surface area contributed by atoms with Crippen LogP contribution in [0.4, 0.5) is 4.79 Å². The van der Waals surface area contributed by atoms with Gasteiger partial charge in [0, 0.05) is 24.5 Å². The van der Waals surface area contributed by atoms with Gasteiger partial charge in [0.1, 0.15) is 5.60 Å². The first-order chi connectivity index (χ1) is 13.1. The van der Waals surface area contributed by atoms with E-state index < -0.39 is 5.60 Å². The molecule has 28 heavy (non-hydrogen) atoms. The Morgan fingerprint density at radius 1 is 1.29 bits per heavy atom. The van der Waals surface area contributed by atoms with Crippen LogP contribution in [0.2, 0.25) is 0 Å². The molecule has 0 bridgehead atoms. The number of rotatable bonds is 6. The van der Waals surface area contributed by atoms with Crippen molar-refractivity contribution < 1.29 is 14.3 Å². The summed E-state index contributed by atoms with van der Waals surface area (Å²) in [7, 11) is 0. The summed E-state index contributed by atoms with van der Waals surface area (Å²) < 4.78 is 5.51. The highest BCUT2D eigenvalue weighted by atomic mass is 32.2. The number of amides is 2. The average Bonchev–Trinajstić information content (AvgIpc) is 3.08. The number of likely N-dealkylation sites (tertiary alicyclic amines) is 1. The zero-order valence-electron chi connectivity index (χ0n) is 18.0. The molecule has 2 amide bonds. The molecule has 1 aliphatic rings. The van der Waals surface area contributed by atoms with E-state index in [1.807, 2.05) is 49.9 Å². The van der Waals surface area contributed by atoms with E-state index in [2.05, 4.69) is 20.8 Å². The number of carbonyl (C=O) groups excluding carboxylic acids is 2. The topological polar surface area (TPSA) is 49.9 Å². The second kappa shape index (κ2) is 9.68. The van der Waals surface area contributed by atoms with Crippen LogP contribution in [0.25, 0.3) is 0 Å². The zero-order chi connectivity index (χ0) is 20.9. The summed E-state index contributed by atoms with van der Waals surface area (Å²) >= 11 is 1.69. The van der Waals surface area contributed by atoms with E-state index in [-0.39, 0.29) is 18.0 Å². The molecule has 1 fully saturated rings. The van der Waals surface area contributed by atoms with Gasteiger partial charge in [0.05, 0.1) is 11.6 Å². The highest BCUT2D eigenvalue weighted by Gasteiger charge is 2.35. The maximum absolute atomic E-state index is 13.4. The summed E-state index contributed by atoms with van der Waals surface area (Å²) in [4.78, 5) is 30.6. The van der Waals surface area contributed by atoms with Crippen molar-refractivity contribution in [3.8, 4) is 0 Å². The first kappa shape index (κ1) is 22.6. The van der Waals surface area contributed by atoms with E-state index in [9.17, 15) is 9.59 Å². The fourth-order valence-corrected chi connectivity index (χ4v) is 4.16. The van der Waals surface area contributed by atoms with Gasteiger partial charge >= 0.3 is 6.09 Å². The van der Waals surface area contributed by atoms with Crippen LogP contribution >= 0.6 is 11.8 Å². The van der Waals surface area contributed by atoms with Gasteiger partial charge in [-0.05, 0) is 51.0 Å². The van der Waals surface area contributed by atoms with Crippen LogP contribution in [0.1, 0.15) is 58.3 Å². The van der Waals surface area contributed by atoms with Crippen molar-refractivity contribution in [2.75, 3.05) is 25.4 Å². The lowest BCUT2D eigenvalue weighted by molar-refractivity contribution is 0.0273. The van der Waals surface area contributed by atoms with Crippen molar-refractivity contribution in [1.29, 1.82) is 0 Å². The second-order valence-corrected chi connectivity index (χ2v) is 9.96. The zero-order valence-corrected chi connectivity index (χ0v) is 18.8. The molecule has 1 heterocycles.